The predicted molar refractivity (Wildman–Crippen MR) is 43.5 cm³/mol. The summed E-state index contributed by atoms with van der Waals surface area (Å²) >= 11 is 0. The van der Waals surface area contributed by atoms with Crippen LogP contribution in [0, 0.1) is 11.3 Å². The van der Waals surface area contributed by atoms with Gasteiger partial charge in [0, 0.05) is 25.0 Å². The molecule has 0 spiro atoms. The number of nitriles is 1. The minimum Gasteiger partial charge on any atom is -0.318 e. The Morgan fingerprint density at radius 3 is 3.33 bits per heavy atom. The molecule has 1 fully saturated rings. The number of imidazole rings is 1. The lowest BCUT2D eigenvalue weighted by Crippen LogP contribution is -2.13. The molecular formula is C8H10N4. The Bertz CT molecular complexity index is 303. The lowest BCUT2D eigenvalue weighted by atomic mass is 10.2. The van der Waals surface area contributed by atoms with E-state index in [1.807, 2.05) is 10.8 Å². The first-order chi connectivity index (χ1) is 5.92. The molecule has 4 heteroatoms. The summed E-state index contributed by atoms with van der Waals surface area (Å²) in [6.45, 7) is 1.98. The number of nitrogens with zero attached hydrogens (tertiary/aromatic N) is 3. The third-order valence-corrected chi connectivity index (χ3v) is 2.20. The molecule has 1 aromatic rings. The van der Waals surface area contributed by atoms with Gasteiger partial charge in [-0.25, -0.2) is 4.98 Å². The molecule has 2 heterocycles. The van der Waals surface area contributed by atoms with Crippen molar-refractivity contribution in [3.8, 4) is 6.07 Å². The molecule has 2 rings (SSSR count). The highest BCUT2D eigenvalue weighted by Gasteiger charge is 2.18. The van der Waals surface area contributed by atoms with Crippen LogP contribution >= 0.6 is 0 Å². The van der Waals surface area contributed by atoms with Crippen molar-refractivity contribution in [2.24, 2.45) is 0 Å². The normalized spacial score (nSPS) is 22.4. The molecule has 4 nitrogen and oxygen atoms in total. The summed E-state index contributed by atoms with van der Waals surface area (Å²) < 4.78 is 1.94. The fourth-order valence-corrected chi connectivity index (χ4v) is 1.57. The van der Waals surface area contributed by atoms with Crippen molar-refractivity contribution in [1.29, 1.82) is 5.26 Å². The summed E-state index contributed by atoms with van der Waals surface area (Å²) in [4.78, 5) is 3.95. The minimum absolute atomic E-state index is 0.419. The summed E-state index contributed by atoms with van der Waals surface area (Å²) in [6.07, 6.45) is 4.64. The van der Waals surface area contributed by atoms with Gasteiger partial charge in [-0.2, -0.15) is 5.26 Å². The summed E-state index contributed by atoms with van der Waals surface area (Å²) in [6, 6.07) is 2.50. The molecule has 62 valence electrons. The van der Waals surface area contributed by atoms with Crippen molar-refractivity contribution < 1.29 is 0 Å². The van der Waals surface area contributed by atoms with Crippen LogP contribution in [-0.4, -0.2) is 22.6 Å². The van der Waals surface area contributed by atoms with Crippen LogP contribution < -0.4 is 5.32 Å². The van der Waals surface area contributed by atoms with Gasteiger partial charge in [0.25, 0.3) is 0 Å². The largest absolute Gasteiger partial charge is 0.318 e. The molecule has 1 N–H and O–H groups in total. The number of rotatable bonds is 1. The first-order valence-electron chi connectivity index (χ1n) is 4.05. The fraction of sp³-hybridized carbons (Fsp3) is 0.500. The topological polar surface area (TPSA) is 53.6 Å². The van der Waals surface area contributed by atoms with Gasteiger partial charge in [0.05, 0.1) is 0 Å². The zero-order valence-corrected chi connectivity index (χ0v) is 6.70. The number of aromatic nitrogens is 2. The lowest BCUT2D eigenvalue weighted by Gasteiger charge is -2.09. The fourth-order valence-electron chi connectivity index (χ4n) is 1.57. The number of hydrogen-bond donors (Lipinski definition) is 1. The van der Waals surface area contributed by atoms with Gasteiger partial charge in [0.15, 0.2) is 0 Å². The van der Waals surface area contributed by atoms with E-state index < -0.39 is 0 Å². The third kappa shape index (κ3) is 1.08. The zero-order valence-electron chi connectivity index (χ0n) is 6.70. The molecule has 0 saturated carbocycles. The molecule has 1 unspecified atom stereocenters. The molecule has 1 aromatic heterocycles. The van der Waals surface area contributed by atoms with Gasteiger partial charge < -0.3 is 9.88 Å². The van der Waals surface area contributed by atoms with E-state index in [0.29, 0.717) is 11.9 Å². The van der Waals surface area contributed by atoms with E-state index in [1.54, 1.807) is 6.20 Å². The first-order valence-corrected chi connectivity index (χ1v) is 4.05. The third-order valence-electron chi connectivity index (χ3n) is 2.20. The number of hydrogen-bond acceptors (Lipinski definition) is 3. The van der Waals surface area contributed by atoms with Crippen LogP contribution in [0.25, 0.3) is 0 Å². The van der Waals surface area contributed by atoms with E-state index in [2.05, 4.69) is 16.4 Å². The minimum atomic E-state index is 0.419. The Balaban J connectivity index is 2.27. The molecule has 1 saturated heterocycles. The molecule has 0 aliphatic carbocycles. The molecule has 0 aromatic carbocycles. The van der Waals surface area contributed by atoms with E-state index in [9.17, 15) is 0 Å². The quantitative estimate of drug-likeness (QED) is 0.645. The maximum absolute atomic E-state index is 8.71. The van der Waals surface area contributed by atoms with Crippen molar-refractivity contribution in [1.82, 2.24) is 14.9 Å². The van der Waals surface area contributed by atoms with Gasteiger partial charge in [-0.3, -0.25) is 0 Å². The van der Waals surface area contributed by atoms with Crippen molar-refractivity contribution in [2.45, 2.75) is 12.5 Å². The van der Waals surface area contributed by atoms with Crippen molar-refractivity contribution in [3.05, 3.63) is 18.2 Å². The standard InChI is InChI=1S/C8H10N4/c9-5-8-11-3-4-12(8)7-1-2-10-6-7/h3-4,7,10H,1-2,6H2. The molecular weight excluding hydrogens is 152 g/mol. The van der Waals surface area contributed by atoms with Crippen molar-refractivity contribution in [3.63, 3.8) is 0 Å². The van der Waals surface area contributed by atoms with Gasteiger partial charge in [0.2, 0.25) is 5.82 Å². The van der Waals surface area contributed by atoms with Crippen LogP contribution in [0.1, 0.15) is 18.3 Å². The molecule has 0 radical (unpaired) electrons. The molecule has 12 heavy (non-hydrogen) atoms. The average molecular weight is 162 g/mol. The van der Waals surface area contributed by atoms with E-state index in [1.165, 1.54) is 0 Å². The molecule has 0 bridgehead atoms. The Morgan fingerprint density at radius 2 is 2.67 bits per heavy atom. The molecule has 1 aliphatic heterocycles. The Hall–Kier alpha value is -1.34. The van der Waals surface area contributed by atoms with Gasteiger partial charge in [0.1, 0.15) is 6.07 Å². The van der Waals surface area contributed by atoms with Gasteiger partial charge in [-0.1, -0.05) is 0 Å². The molecule has 1 atom stereocenters. The predicted octanol–water partition coefficient (Wildman–Crippen LogP) is 0.289. The Labute approximate surface area is 70.8 Å². The Morgan fingerprint density at radius 1 is 1.75 bits per heavy atom. The summed E-state index contributed by atoms with van der Waals surface area (Å²) in [7, 11) is 0. The second kappa shape index (κ2) is 2.95. The highest BCUT2D eigenvalue weighted by Crippen LogP contribution is 2.15. The lowest BCUT2D eigenvalue weighted by molar-refractivity contribution is 0.541. The highest BCUT2D eigenvalue weighted by molar-refractivity contribution is 5.12. The van der Waals surface area contributed by atoms with E-state index in [-0.39, 0.29) is 0 Å². The summed E-state index contributed by atoms with van der Waals surface area (Å²) in [5.41, 5.74) is 0. The molecule has 1 aliphatic rings. The monoisotopic (exact) mass is 162 g/mol. The molecule has 0 amide bonds. The first kappa shape index (κ1) is 7.32. The van der Waals surface area contributed by atoms with Crippen LogP contribution in [0.2, 0.25) is 0 Å². The van der Waals surface area contributed by atoms with Crippen LogP contribution in [0.4, 0.5) is 0 Å². The van der Waals surface area contributed by atoms with Gasteiger partial charge >= 0.3 is 0 Å². The Kier molecular flexibility index (Phi) is 1.80. The zero-order chi connectivity index (χ0) is 8.39. The second-order valence-corrected chi connectivity index (χ2v) is 2.92. The van der Waals surface area contributed by atoms with E-state index in [0.717, 1.165) is 19.5 Å². The van der Waals surface area contributed by atoms with E-state index >= 15 is 0 Å². The average Bonchev–Trinajstić information content (AvgIpc) is 2.74. The summed E-state index contributed by atoms with van der Waals surface area (Å²) in [5, 5.41) is 12.0. The maximum atomic E-state index is 8.71. The number of nitrogens with one attached hydrogen (secondary N) is 1. The van der Waals surface area contributed by atoms with Crippen LogP contribution in [0.15, 0.2) is 12.4 Å². The van der Waals surface area contributed by atoms with Crippen LogP contribution in [-0.2, 0) is 0 Å². The van der Waals surface area contributed by atoms with Crippen LogP contribution in [0.5, 0.6) is 0 Å². The van der Waals surface area contributed by atoms with Crippen molar-refractivity contribution >= 4 is 0 Å². The highest BCUT2D eigenvalue weighted by atomic mass is 15.1. The smallest absolute Gasteiger partial charge is 0.213 e. The van der Waals surface area contributed by atoms with E-state index in [4.69, 9.17) is 5.26 Å². The van der Waals surface area contributed by atoms with Crippen molar-refractivity contribution in [2.75, 3.05) is 13.1 Å². The summed E-state index contributed by atoms with van der Waals surface area (Å²) in [5.74, 6) is 0.517. The second-order valence-electron chi connectivity index (χ2n) is 2.92. The van der Waals surface area contributed by atoms with Gasteiger partial charge in [-0.15, -0.1) is 0 Å². The van der Waals surface area contributed by atoms with Crippen LogP contribution in [0.3, 0.4) is 0 Å². The maximum Gasteiger partial charge on any atom is 0.213 e. The van der Waals surface area contributed by atoms with Gasteiger partial charge in [-0.05, 0) is 13.0 Å². The SMILES string of the molecule is N#Cc1nccn1C1CCNC1.